The fraction of sp³-hybridized carbons (Fsp3) is 0.300. The van der Waals surface area contributed by atoms with Gasteiger partial charge in [0, 0.05) is 11.5 Å². The Balaban J connectivity index is 2.00. The van der Waals surface area contributed by atoms with Crippen LogP contribution in [0.1, 0.15) is 20.8 Å². The Morgan fingerprint density at radius 1 is 1.07 bits per heavy atom. The van der Waals surface area contributed by atoms with Crippen LogP contribution in [0.15, 0.2) is 28.8 Å². The molecule has 0 saturated heterocycles. The molecule has 0 spiro atoms. The number of furan rings is 1. The van der Waals surface area contributed by atoms with Crippen LogP contribution in [-0.4, -0.2) is 30.9 Å². The molecule has 1 amide bonds. The topological polar surface area (TPSA) is 82.8 Å². The van der Waals surface area contributed by atoms with Crippen LogP contribution in [0, 0.1) is 11.6 Å². The van der Waals surface area contributed by atoms with E-state index in [0.29, 0.717) is 5.39 Å². The van der Waals surface area contributed by atoms with E-state index >= 15 is 0 Å². The molecule has 0 aliphatic carbocycles. The molecule has 0 saturated carbocycles. The van der Waals surface area contributed by atoms with Crippen LogP contribution in [0.2, 0.25) is 0 Å². The zero-order valence-corrected chi connectivity index (χ0v) is 16.6. The van der Waals surface area contributed by atoms with Crippen LogP contribution in [0.3, 0.4) is 0 Å². The molecule has 0 bridgehead atoms. The number of aromatic nitrogens is 1. The number of hydrogen-bond donors (Lipinski definition) is 1. The second-order valence-corrected chi connectivity index (χ2v) is 7.13. The molecule has 0 aliphatic heterocycles. The highest BCUT2D eigenvalue weighted by atomic mass is 19.1. The summed E-state index contributed by atoms with van der Waals surface area (Å²) < 4.78 is 50.0. The van der Waals surface area contributed by atoms with Gasteiger partial charge >= 0.3 is 6.09 Å². The molecule has 0 atom stereocenters. The van der Waals surface area contributed by atoms with Gasteiger partial charge in [-0.05, 0) is 32.9 Å². The Morgan fingerprint density at radius 3 is 2.24 bits per heavy atom. The minimum atomic E-state index is -0.926. The Kier molecular flexibility index (Phi) is 5.32. The van der Waals surface area contributed by atoms with Crippen molar-refractivity contribution in [3.8, 4) is 22.8 Å². The molecule has 7 nitrogen and oxygen atoms in total. The molecule has 154 valence electrons. The summed E-state index contributed by atoms with van der Waals surface area (Å²) in [5.41, 5.74) is -0.827. The number of ether oxygens (including phenoxy) is 3. The molecule has 0 radical (unpaired) electrons. The predicted octanol–water partition coefficient (Wildman–Crippen LogP) is 5.14. The van der Waals surface area contributed by atoms with Gasteiger partial charge < -0.3 is 18.6 Å². The zero-order chi connectivity index (χ0) is 21.3. The number of rotatable bonds is 4. The summed E-state index contributed by atoms with van der Waals surface area (Å²) in [4.78, 5) is 16.0. The van der Waals surface area contributed by atoms with Crippen LogP contribution < -0.4 is 14.8 Å². The van der Waals surface area contributed by atoms with Gasteiger partial charge in [0.05, 0.1) is 26.0 Å². The molecule has 9 heteroatoms. The van der Waals surface area contributed by atoms with Gasteiger partial charge in [0.15, 0.2) is 28.7 Å². The van der Waals surface area contributed by atoms with Crippen molar-refractivity contribution < 1.29 is 32.2 Å². The lowest BCUT2D eigenvalue weighted by Crippen LogP contribution is -2.27. The average molecular weight is 406 g/mol. The lowest BCUT2D eigenvalue weighted by atomic mass is 10.1. The Bertz CT molecular complexity index is 1040. The summed E-state index contributed by atoms with van der Waals surface area (Å²) in [7, 11) is 2.52. The fourth-order valence-corrected chi connectivity index (χ4v) is 2.65. The molecule has 2 heterocycles. The van der Waals surface area contributed by atoms with Crippen molar-refractivity contribution in [3.63, 3.8) is 0 Å². The standard InChI is InChI=1S/C20H20F2N2O5/c1-20(2,3)29-19(25)24-15-7-10-6-11(28-14(10)9-23-15)16-17(21)12(26-4)8-13(27-5)18(16)22/h6-9H,1-5H3,(H,23,24,25). The molecular weight excluding hydrogens is 386 g/mol. The summed E-state index contributed by atoms with van der Waals surface area (Å²) in [6.45, 7) is 5.20. The molecule has 0 unspecified atom stereocenters. The van der Waals surface area contributed by atoms with E-state index < -0.39 is 28.9 Å². The van der Waals surface area contributed by atoms with Gasteiger partial charge in [-0.3, -0.25) is 5.32 Å². The third-order valence-corrected chi connectivity index (χ3v) is 3.85. The number of carbonyl (C=O) groups excluding carboxylic acids is 1. The molecule has 0 aliphatic rings. The molecule has 0 fully saturated rings. The minimum Gasteiger partial charge on any atom is -0.494 e. The predicted molar refractivity (Wildman–Crippen MR) is 102 cm³/mol. The Morgan fingerprint density at radius 2 is 1.69 bits per heavy atom. The van der Waals surface area contributed by atoms with Crippen LogP contribution >= 0.6 is 0 Å². The molecule has 1 N–H and O–H groups in total. The van der Waals surface area contributed by atoms with E-state index in [2.05, 4.69) is 10.3 Å². The molecule has 29 heavy (non-hydrogen) atoms. The summed E-state index contributed by atoms with van der Waals surface area (Å²) >= 11 is 0. The number of pyridine rings is 1. The van der Waals surface area contributed by atoms with Gasteiger partial charge in [-0.15, -0.1) is 0 Å². The maximum absolute atomic E-state index is 14.7. The number of nitrogens with zero attached hydrogens (tertiary/aromatic N) is 1. The number of methoxy groups -OCH3 is 2. The van der Waals surface area contributed by atoms with Gasteiger partial charge in [0.1, 0.15) is 17.2 Å². The number of hydrogen-bond acceptors (Lipinski definition) is 6. The first-order valence-electron chi connectivity index (χ1n) is 8.63. The number of amides is 1. The smallest absolute Gasteiger partial charge is 0.413 e. The van der Waals surface area contributed by atoms with Crippen molar-refractivity contribution in [1.82, 2.24) is 4.98 Å². The minimum absolute atomic E-state index is 0.0802. The highest BCUT2D eigenvalue weighted by molar-refractivity contribution is 5.89. The van der Waals surface area contributed by atoms with Crippen LogP contribution in [-0.2, 0) is 4.74 Å². The first-order chi connectivity index (χ1) is 13.6. The molecule has 2 aromatic heterocycles. The second kappa shape index (κ2) is 7.57. The molecule has 3 aromatic rings. The van der Waals surface area contributed by atoms with Crippen molar-refractivity contribution in [1.29, 1.82) is 0 Å². The largest absolute Gasteiger partial charge is 0.494 e. The Labute approximate surface area is 165 Å². The first-order valence-corrected chi connectivity index (χ1v) is 8.63. The van der Waals surface area contributed by atoms with E-state index in [1.807, 2.05) is 0 Å². The second-order valence-electron chi connectivity index (χ2n) is 7.13. The number of carbonyl (C=O) groups is 1. The van der Waals surface area contributed by atoms with E-state index in [1.165, 1.54) is 32.5 Å². The van der Waals surface area contributed by atoms with Crippen molar-refractivity contribution in [2.75, 3.05) is 19.5 Å². The summed E-state index contributed by atoms with van der Waals surface area (Å²) in [6.07, 6.45) is 0.654. The first kappa shape index (κ1) is 20.4. The summed E-state index contributed by atoms with van der Waals surface area (Å²) in [6, 6.07) is 4.04. The molecule has 3 rings (SSSR count). The number of anilines is 1. The SMILES string of the molecule is COc1cc(OC)c(F)c(-c2cc3cc(NC(=O)OC(C)(C)C)ncc3o2)c1F. The number of nitrogens with one attached hydrogen (secondary N) is 1. The van der Waals surface area contributed by atoms with Crippen molar-refractivity contribution >= 4 is 22.9 Å². The van der Waals surface area contributed by atoms with E-state index in [1.54, 1.807) is 20.8 Å². The van der Waals surface area contributed by atoms with Gasteiger partial charge in [-0.2, -0.15) is 0 Å². The van der Waals surface area contributed by atoms with Gasteiger partial charge in [-0.25, -0.2) is 18.6 Å². The summed E-state index contributed by atoms with van der Waals surface area (Å²) in [5.74, 6) is -2.12. The van der Waals surface area contributed by atoms with E-state index in [0.717, 1.165) is 6.07 Å². The van der Waals surface area contributed by atoms with E-state index in [4.69, 9.17) is 18.6 Å². The average Bonchev–Trinajstić information content (AvgIpc) is 3.03. The van der Waals surface area contributed by atoms with E-state index in [-0.39, 0.29) is 28.7 Å². The third kappa shape index (κ3) is 4.23. The zero-order valence-electron chi connectivity index (χ0n) is 16.6. The Hall–Kier alpha value is -3.36. The van der Waals surface area contributed by atoms with Gasteiger partial charge in [0.2, 0.25) is 0 Å². The maximum atomic E-state index is 14.7. The monoisotopic (exact) mass is 406 g/mol. The lowest BCUT2D eigenvalue weighted by molar-refractivity contribution is 0.0635. The fourth-order valence-electron chi connectivity index (χ4n) is 2.65. The quantitative estimate of drug-likeness (QED) is 0.646. The van der Waals surface area contributed by atoms with Crippen LogP contribution in [0.25, 0.3) is 22.3 Å². The lowest BCUT2D eigenvalue weighted by Gasteiger charge is -2.19. The van der Waals surface area contributed by atoms with Crippen molar-refractivity contribution in [2.24, 2.45) is 0 Å². The highest BCUT2D eigenvalue weighted by Gasteiger charge is 2.24. The number of fused-ring (bicyclic) bond motifs is 1. The number of benzene rings is 1. The van der Waals surface area contributed by atoms with Crippen LogP contribution in [0.5, 0.6) is 11.5 Å². The van der Waals surface area contributed by atoms with Gasteiger partial charge in [0.25, 0.3) is 0 Å². The van der Waals surface area contributed by atoms with Crippen molar-refractivity contribution in [3.05, 3.63) is 36.0 Å². The van der Waals surface area contributed by atoms with Crippen LogP contribution in [0.4, 0.5) is 19.4 Å². The summed E-state index contributed by atoms with van der Waals surface area (Å²) in [5, 5.41) is 2.97. The highest BCUT2D eigenvalue weighted by Crippen LogP contribution is 2.39. The van der Waals surface area contributed by atoms with Gasteiger partial charge in [-0.1, -0.05) is 0 Å². The number of halogens is 2. The normalized spacial score (nSPS) is 11.4. The van der Waals surface area contributed by atoms with Crippen molar-refractivity contribution in [2.45, 2.75) is 26.4 Å². The van der Waals surface area contributed by atoms with E-state index in [9.17, 15) is 13.6 Å². The molecular formula is C20H20F2N2O5. The third-order valence-electron chi connectivity index (χ3n) is 3.85. The maximum Gasteiger partial charge on any atom is 0.413 e. The molecule has 1 aromatic carbocycles.